The van der Waals surface area contributed by atoms with E-state index in [1.54, 1.807) is 41.2 Å². The lowest BCUT2D eigenvalue weighted by Gasteiger charge is -2.52. The SMILES string of the molecule is O=C(NC1C=CN(C2CN(C(c3ccccc3)(c3ccccc3)c3ccccc3)CC(COP(=O)(Cl)N3CCOCC3)O2)C(=O)N1)c1ccccc1. The minimum atomic E-state index is -3.70. The van der Waals surface area contributed by atoms with Crippen molar-refractivity contribution in [1.29, 1.82) is 0 Å². The van der Waals surface area contributed by atoms with E-state index in [9.17, 15) is 14.2 Å². The van der Waals surface area contributed by atoms with Crippen molar-refractivity contribution < 1.29 is 28.2 Å². The first-order valence-electron chi connectivity index (χ1n) is 17.3. The van der Waals surface area contributed by atoms with Crippen molar-refractivity contribution in [3.63, 3.8) is 0 Å². The molecule has 4 unspecified atom stereocenters. The number of carbonyl (C=O) groups excluding carboxylic acids is 2. The van der Waals surface area contributed by atoms with E-state index in [0.717, 1.165) is 16.7 Å². The van der Waals surface area contributed by atoms with E-state index >= 15 is 0 Å². The Kier molecular flexibility index (Phi) is 11.2. The molecule has 13 heteroatoms. The lowest BCUT2D eigenvalue weighted by molar-refractivity contribution is -0.152. The largest absolute Gasteiger partial charge is 0.379 e. The molecule has 3 heterocycles. The fraction of sp³-hybridized carbons (Fsp3) is 0.282. The van der Waals surface area contributed by atoms with E-state index in [2.05, 4.69) is 51.9 Å². The molecule has 0 spiro atoms. The number of rotatable bonds is 11. The molecule has 3 amide bonds. The Morgan fingerprint density at radius 2 is 1.38 bits per heavy atom. The summed E-state index contributed by atoms with van der Waals surface area (Å²) in [6, 6.07) is 39.1. The Balaban J connectivity index is 1.24. The minimum Gasteiger partial charge on any atom is -0.379 e. The molecule has 0 radical (unpaired) electrons. The van der Waals surface area contributed by atoms with Gasteiger partial charge in [0.15, 0.2) is 6.23 Å². The maximum Gasteiger partial charge on any atom is 0.363 e. The third-order valence-electron chi connectivity index (χ3n) is 9.53. The average molecular weight is 742 g/mol. The number of nitrogens with one attached hydrogen (secondary N) is 2. The molecule has 270 valence electrons. The van der Waals surface area contributed by atoms with Crippen LogP contribution in [-0.4, -0.2) is 90.9 Å². The Labute approximate surface area is 308 Å². The molecular formula is C39H41ClN5O6P. The predicted octanol–water partition coefficient (Wildman–Crippen LogP) is 6.00. The van der Waals surface area contributed by atoms with Crippen molar-refractivity contribution in [2.75, 3.05) is 46.0 Å². The van der Waals surface area contributed by atoms with Crippen LogP contribution in [0.1, 0.15) is 27.0 Å². The number of hydrogen-bond donors (Lipinski definition) is 2. The first-order chi connectivity index (χ1) is 25.3. The van der Waals surface area contributed by atoms with Crippen molar-refractivity contribution in [2.24, 2.45) is 0 Å². The first-order valence-corrected chi connectivity index (χ1v) is 19.8. The lowest BCUT2D eigenvalue weighted by Crippen LogP contribution is -2.64. The van der Waals surface area contributed by atoms with Gasteiger partial charge in [-0.1, -0.05) is 109 Å². The van der Waals surface area contributed by atoms with Gasteiger partial charge in [0.05, 0.1) is 31.5 Å². The summed E-state index contributed by atoms with van der Waals surface area (Å²) in [4.78, 5) is 30.5. The van der Waals surface area contributed by atoms with Crippen LogP contribution in [0, 0.1) is 0 Å². The molecule has 0 bridgehead atoms. The normalized spacial score (nSPS) is 22.7. The number of amides is 3. The highest BCUT2D eigenvalue weighted by Gasteiger charge is 2.48. The number of hydrogen-bond acceptors (Lipinski definition) is 7. The van der Waals surface area contributed by atoms with E-state index in [1.807, 2.05) is 60.7 Å². The van der Waals surface area contributed by atoms with Crippen LogP contribution in [0.2, 0.25) is 0 Å². The van der Waals surface area contributed by atoms with Crippen LogP contribution in [0.3, 0.4) is 0 Å². The molecule has 0 saturated carbocycles. The molecule has 3 aliphatic heterocycles. The number of morpholine rings is 2. The van der Waals surface area contributed by atoms with E-state index in [-0.39, 0.29) is 19.1 Å². The number of ether oxygens (including phenoxy) is 2. The van der Waals surface area contributed by atoms with Crippen LogP contribution < -0.4 is 10.6 Å². The molecule has 4 aromatic carbocycles. The molecule has 2 saturated heterocycles. The van der Waals surface area contributed by atoms with E-state index < -0.39 is 36.9 Å². The van der Waals surface area contributed by atoms with Gasteiger partial charge in [-0.05, 0) is 46.1 Å². The number of carbonyl (C=O) groups is 2. The maximum atomic E-state index is 13.8. The third-order valence-corrected chi connectivity index (χ3v) is 12.0. The van der Waals surface area contributed by atoms with Gasteiger partial charge >= 0.3 is 12.9 Å². The summed E-state index contributed by atoms with van der Waals surface area (Å²) >= 11 is 6.57. The van der Waals surface area contributed by atoms with Crippen molar-refractivity contribution in [3.8, 4) is 0 Å². The standard InChI is InChI=1S/C39H41ClN5O6P/c40-52(48,44-23-25-49-26-24-44)50-29-34-27-43(28-36(51-34)45-22-21-35(42-38(45)47)41-37(46)30-13-5-1-6-14-30)39(31-15-7-2-8-16-31,32-17-9-3-10-18-32)33-19-11-4-12-20-33/h1-22,34-36H,23-29H2,(H,41,46)(H,42,47). The molecule has 0 aliphatic carbocycles. The van der Waals surface area contributed by atoms with Crippen LogP contribution in [-0.2, 0) is 24.1 Å². The van der Waals surface area contributed by atoms with Gasteiger partial charge in [0.1, 0.15) is 6.17 Å². The summed E-state index contributed by atoms with van der Waals surface area (Å²) < 4.78 is 33.3. The topological polar surface area (TPSA) is 113 Å². The van der Waals surface area contributed by atoms with Crippen LogP contribution in [0.4, 0.5) is 4.79 Å². The summed E-state index contributed by atoms with van der Waals surface area (Å²) in [5, 5.41) is 5.73. The summed E-state index contributed by atoms with van der Waals surface area (Å²) in [6.45, 7) is -1.55. The summed E-state index contributed by atoms with van der Waals surface area (Å²) in [5.74, 6) is -0.314. The van der Waals surface area contributed by atoms with Gasteiger partial charge in [-0.15, -0.1) is 0 Å². The second-order valence-electron chi connectivity index (χ2n) is 12.8. The van der Waals surface area contributed by atoms with Crippen LogP contribution >= 0.6 is 18.1 Å². The maximum absolute atomic E-state index is 13.8. The fourth-order valence-corrected chi connectivity index (χ4v) is 8.88. The molecule has 0 aromatic heterocycles. The number of nitrogens with zero attached hydrogens (tertiary/aromatic N) is 3. The van der Waals surface area contributed by atoms with E-state index in [0.29, 0.717) is 38.4 Å². The first kappa shape index (κ1) is 36.1. The molecule has 4 aromatic rings. The fourth-order valence-electron chi connectivity index (χ4n) is 7.10. The zero-order chi connectivity index (χ0) is 36.0. The van der Waals surface area contributed by atoms with Crippen LogP contribution in [0.25, 0.3) is 0 Å². The number of benzene rings is 4. The van der Waals surface area contributed by atoms with Crippen molar-refractivity contribution in [3.05, 3.63) is 156 Å². The molecule has 2 N–H and O–H groups in total. The Hall–Kier alpha value is -4.32. The van der Waals surface area contributed by atoms with Crippen LogP contribution in [0.5, 0.6) is 0 Å². The summed E-state index contributed by atoms with van der Waals surface area (Å²) in [6.07, 6.45) is 1.15. The van der Waals surface area contributed by atoms with Gasteiger partial charge in [-0.25, -0.2) is 9.46 Å². The second-order valence-corrected chi connectivity index (χ2v) is 15.8. The van der Waals surface area contributed by atoms with Crippen molar-refractivity contribution >= 4 is 30.1 Å². The molecule has 2 fully saturated rings. The van der Waals surface area contributed by atoms with Crippen molar-refractivity contribution in [2.45, 2.75) is 24.0 Å². The van der Waals surface area contributed by atoms with Gasteiger partial charge in [-0.2, -0.15) is 0 Å². The highest BCUT2D eigenvalue weighted by Crippen LogP contribution is 2.56. The average Bonchev–Trinajstić information content (AvgIpc) is 3.19. The monoisotopic (exact) mass is 741 g/mol. The molecule has 11 nitrogen and oxygen atoms in total. The van der Waals surface area contributed by atoms with Gasteiger partial charge < -0.3 is 24.6 Å². The molecule has 52 heavy (non-hydrogen) atoms. The highest BCUT2D eigenvalue weighted by molar-refractivity contribution is 7.83. The third kappa shape index (κ3) is 7.72. The summed E-state index contributed by atoms with van der Waals surface area (Å²) in [5.41, 5.74) is 2.71. The minimum absolute atomic E-state index is 0.0888. The van der Waals surface area contributed by atoms with Gasteiger partial charge in [0.25, 0.3) is 5.91 Å². The lowest BCUT2D eigenvalue weighted by atomic mass is 9.75. The number of urea groups is 1. The zero-order valence-electron chi connectivity index (χ0n) is 28.5. The number of halogens is 1. The zero-order valence-corrected chi connectivity index (χ0v) is 30.2. The molecule has 4 atom stereocenters. The Morgan fingerprint density at radius 1 is 0.846 bits per heavy atom. The molecule has 7 rings (SSSR count). The smallest absolute Gasteiger partial charge is 0.363 e. The summed E-state index contributed by atoms with van der Waals surface area (Å²) in [7, 11) is 0. The van der Waals surface area contributed by atoms with Crippen LogP contribution in [0.15, 0.2) is 134 Å². The second kappa shape index (κ2) is 16.1. The van der Waals surface area contributed by atoms with Gasteiger partial charge in [0.2, 0.25) is 0 Å². The highest BCUT2D eigenvalue weighted by atomic mass is 35.7. The molecule has 3 aliphatic rings. The Morgan fingerprint density at radius 3 is 1.92 bits per heavy atom. The van der Waals surface area contributed by atoms with E-state index in [4.69, 9.17) is 25.2 Å². The van der Waals surface area contributed by atoms with Crippen molar-refractivity contribution in [1.82, 2.24) is 25.1 Å². The van der Waals surface area contributed by atoms with Gasteiger partial charge in [0, 0.05) is 37.9 Å². The van der Waals surface area contributed by atoms with E-state index in [1.165, 1.54) is 4.90 Å². The Bertz CT molecular complexity index is 1790. The quantitative estimate of drug-likeness (QED) is 0.142. The predicted molar refractivity (Wildman–Crippen MR) is 198 cm³/mol. The van der Waals surface area contributed by atoms with Gasteiger partial charge in [-0.3, -0.25) is 19.2 Å². The molecular weight excluding hydrogens is 701 g/mol.